The second-order valence-electron chi connectivity index (χ2n) is 4.30. The molecule has 0 spiro atoms. The van der Waals surface area contributed by atoms with Crippen LogP contribution in [0.4, 0.5) is 5.69 Å². The SMILES string of the molecule is CCOc1cccc(Oc2cc(C#N)ccc2C)c1N. The van der Waals surface area contributed by atoms with Crippen LogP contribution in [-0.2, 0) is 0 Å². The fraction of sp³-hybridized carbons (Fsp3) is 0.188. The van der Waals surface area contributed by atoms with Gasteiger partial charge in [-0.25, -0.2) is 0 Å². The fourth-order valence-corrected chi connectivity index (χ4v) is 1.79. The van der Waals surface area contributed by atoms with Crippen LogP contribution in [0.1, 0.15) is 18.1 Å². The first-order valence-corrected chi connectivity index (χ1v) is 6.35. The van der Waals surface area contributed by atoms with Gasteiger partial charge in [-0.15, -0.1) is 0 Å². The Morgan fingerprint density at radius 2 is 1.90 bits per heavy atom. The van der Waals surface area contributed by atoms with Crippen molar-refractivity contribution in [2.24, 2.45) is 0 Å². The summed E-state index contributed by atoms with van der Waals surface area (Å²) in [6.07, 6.45) is 0. The molecule has 0 radical (unpaired) electrons. The molecule has 0 aromatic heterocycles. The van der Waals surface area contributed by atoms with Crippen molar-refractivity contribution in [1.82, 2.24) is 0 Å². The number of nitrogen functional groups attached to an aromatic ring is 1. The van der Waals surface area contributed by atoms with Crippen LogP contribution in [0.5, 0.6) is 17.2 Å². The molecule has 0 bridgehead atoms. The number of nitrogens with zero attached hydrogens (tertiary/aromatic N) is 1. The zero-order valence-corrected chi connectivity index (χ0v) is 11.5. The van der Waals surface area contributed by atoms with E-state index in [1.165, 1.54) is 0 Å². The van der Waals surface area contributed by atoms with E-state index in [0.29, 0.717) is 35.1 Å². The quantitative estimate of drug-likeness (QED) is 0.859. The molecule has 2 aromatic carbocycles. The standard InChI is InChI=1S/C16H16N2O2/c1-3-19-13-5-4-6-14(16(13)18)20-15-9-12(10-17)8-7-11(15)2/h4-9H,3,18H2,1-2H3. The Balaban J connectivity index is 2.35. The Hall–Kier alpha value is -2.67. The molecule has 0 fully saturated rings. The molecule has 0 saturated heterocycles. The molecule has 0 heterocycles. The van der Waals surface area contributed by atoms with E-state index in [4.69, 9.17) is 20.5 Å². The summed E-state index contributed by atoms with van der Waals surface area (Å²) in [6.45, 7) is 4.35. The van der Waals surface area contributed by atoms with Crippen molar-refractivity contribution in [3.8, 4) is 23.3 Å². The highest BCUT2D eigenvalue weighted by Crippen LogP contribution is 2.35. The molecule has 2 rings (SSSR count). The van der Waals surface area contributed by atoms with Gasteiger partial charge in [0.05, 0.1) is 18.2 Å². The van der Waals surface area contributed by atoms with Gasteiger partial charge < -0.3 is 15.2 Å². The molecule has 0 aliphatic carbocycles. The van der Waals surface area contributed by atoms with E-state index in [2.05, 4.69) is 6.07 Å². The second kappa shape index (κ2) is 5.98. The summed E-state index contributed by atoms with van der Waals surface area (Å²) < 4.78 is 11.2. The largest absolute Gasteiger partial charge is 0.492 e. The molecule has 0 aliphatic rings. The van der Waals surface area contributed by atoms with E-state index < -0.39 is 0 Å². The lowest BCUT2D eigenvalue weighted by atomic mass is 10.1. The van der Waals surface area contributed by atoms with Gasteiger partial charge in [-0.1, -0.05) is 12.1 Å². The van der Waals surface area contributed by atoms with Crippen LogP contribution in [0, 0.1) is 18.3 Å². The maximum atomic E-state index is 8.94. The maximum absolute atomic E-state index is 8.94. The highest BCUT2D eigenvalue weighted by atomic mass is 16.5. The van der Waals surface area contributed by atoms with Gasteiger partial charge in [0.1, 0.15) is 17.2 Å². The lowest BCUT2D eigenvalue weighted by Gasteiger charge is -2.13. The highest BCUT2D eigenvalue weighted by molar-refractivity contribution is 5.64. The molecule has 0 aliphatic heterocycles. The minimum atomic E-state index is 0.455. The van der Waals surface area contributed by atoms with E-state index in [1.54, 1.807) is 24.3 Å². The normalized spacial score (nSPS) is 9.85. The lowest BCUT2D eigenvalue weighted by Crippen LogP contribution is -1.99. The van der Waals surface area contributed by atoms with Gasteiger partial charge in [-0.05, 0) is 43.7 Å². The van der Waals surface area contributed by atoms with Crippen LogP contribution in [0.3, 0.4) is 0 Å². The average molecular weight is 268 g/mol. The van der Waals surface area contributed by atoms with Crippen molar-refractivity contribution < 1.29 is 9.47 Å². The zero-order chi connectivity index (χ0) is 14.5. The first kappa shape index (κ1) is 13.8. The Bertz CT molecular complexity index is 660. The number of rotatable bonds is 4. The van der Waals surface area contributed by atoms with Crippen molar-refractivity contribution >= 4 is 5.69 Å². The molecule has 20 heavy (non-hydrogen) atoms. The molecule has 0 unspecified atom stereocenters. The van der Waals surface area contributed by atoms with E-state index in [9.17, 15) is 0 Å². The van der Waals surface area contributed by atoms with Gasteiger partial charge in [0.2, 0.25) is 0 Å². The van der Waals surface area contributed by atoms with Crippen LogP contribution >= 0.6 is 0 Å². The molecule has 4 heteroatoms. The van der Waals surface area contributed by atoms with Gasteiger partial charge in [-0.2, -0.15) is 5.26 Å². The second-order valence-corrected chi connectivity index (χ2v) is 4.30. The molecule has 0 atom stereocenters. The van der Waals surface area contributed by atoms with Crippen LogP contribution in [0.25, 0.3) is 0 Å². The summed E-state index contributed by atoms with van der Waals surface area (Å²) in [6, 6.07) is 12.8. The summed E-state index contributed by atoms with van der Waals surface area (Å²) in [4.78, 5) is 0. The number of para-hydroxylation sites is 1. The van der Waals surface area contributed by atoms with Gasteiger partial charge in [0, 0.05) is 0 Å². The molecular formula is C16H16N2O2. The first-order valence-electron chi connectivity index (χ1n) is 6.35. The van der Waals surface area contributed by atoms with Crippen molar-refractivity contribution in [3.63, 3.8) is 0 Å². The van der Waals surface area contributed by atoms with E-state index in [1.807, 2.05) is 26.0 Å². The van der Waals surface area contributed by atoms with Crippen LogP contribution in [0.15, 0.2) is 36.4 Å². The number of nitrogens with two attached hydrogens (primary N) is 1. The van der Waals surface area contributed by atoms with E-state index >= 15 is 0 Å². The summed E-state index contributed by atoms with van der Waals surface area (Å²) in [7, 11) is 0. The number of aryl methyl sites for hydroxylation is 1. The Kier molecular flexibility index (Phi) is 4.11. The molecule has 2 N–H and O–H groups in total. The predicted molar refractivity (Wildman–Crippen MR) is 78.0 cm³/mol. The number of ether oxygens (including phenoxy) is 2. The van der Waals surface area contributed by atoms with Gasteiger partial charge >= 0.3 is 0 Å². The molecular weight excluding hydrogens is 252 g/mol. The average Bonchev–Trinajstić information content (AvgIpc) is 2.45. The number of hydrogen-bond acceptors (Lipinski definition) is 4. The topological polar surface area (TPSA) is 68.3 Å². The van der Waals surface area contributed by atoms with Crippen molar-refractivity contribution in [2.45, 2.75) is 13.8 Å². The fourth-order valence-electron chi connectivity index (χ4n) is 1.79. The third kappa shape index (κ3) is 2.83. The molecule has 0 saturated carbocycles. The summed E-state index contributed by atoms with van der Waals surface area (Å²) >= 11 is 0. The summed E-state index contributed by atoms with van der Waals surface area (Å²) in [5, 5.41) is 8.94. The van der Waals surface area contributed by atoms with E-state index in [0.717, 1.165) is 5.56 Å². The van der Waals surface area contributed by atoms with Crippen LogP contribution in [0.2, 0.25) is 0 Å². The maximum Gasteiger partial charge on any atom is 0.154 e. The minimum absolute atomic E-state index is 0.455. The van der Waals surface area contributed by atoms with Crippen molar-refractivity contribution in [2.75, 3.05) is 12.3 Å². The van der Waals surface area contributed by atoms with Crippen molar-refractivity contribution in [3.05, 3.63) is 47.5 Å². The van der Waals surface area contributed by atoms with Gasteiger partial charge in [0.25, 0.3) is 0 Å². The summed E-state index contributed by atoms with van der Waals surface area (Å²) in [5.74, 6) is 1.73. The molecule has 4 nitrogen and oxygen atoms in total. The highest BCUT2D eigenvalue weighted by Gasteiger charge is 2.09. The lowest BCUT2D eigenvalue weighted by molar-refractivity contribution is 0.340. The van der Waals surface area contributed by atoms with Crippen molar-refractivity contribution in [1.29, 1.82) is 5.26 Å². The Morgan fingerprint density at radius 1 is 1.15 bits per heavy atom. The first-order chi connectivity index (χ1) is 9.65. The summed E-state index contributed by atoms with van der Waals surface area (Å²) in [5.41, 5.74) is 7.96. The van der Waals surface area contributed by atoms with Gasteiger partial charge in [-0.3, -0.25) is 0 Å². The zero-order valence-electron chi connectivity index (χ0n) is 11.5. The van der Waals surface area contributed by atoms with Gasteiger partial charge in [0.15, 0.2) is 5.75 Å². The minimum Gasteiger partial charge on any atom is -0.492 e. The number of benzene rings is 2. The number of hydrogen-bond donors (Lipinski definition) is 1. The van der Waals surface area contributed by atoms with Crippen LogP contribution in [-0.4, -0.2) is 6.61 Å². The third-order valence-electron chi connectivity index (χ3n) is 2.86. The third-order valence-corrected chi connectivity index (χ3v) is 2.86. The predicted octanol–water partition coefficient (Wildman–Crippen LogP) is 3.64. The monoisotopic (exact) mass is 268 g/mol. The number of anilines is 1. The van der Waals surface area contributed by atoms with E-state index in [-0.39, 0.29) is 0 Å². The molecule has 102 valence electrons. The molecule has 2 aromatic rings. The number of nitriles is 1. The Labute approximate surface area is 118 Å². The smallest absolute Gasteiger partial charge is 0.154 e. The Morgan fingerprint density at radius 3 is 2.60 bits per heavy atom. The molecule has 0 amide bonds. The van der Waals surface area contributed by atoms with Crippen LogP contribution < -0.4 is 15.2 Å².